The lowest BCUT2D eigenvalue weighted by Crippen LogP contribution is -1.98. The Morgan fingerprint density at radius 2 is 2.14 bits per heavy atom. The Balaban J connectivity index is 2.90. The Hall–Kier alpha value is -1.58. The van der Waals surface area contributed by atoms with Gasteiger partial charge in [0.25, 0.3) is 0 Å². The topological polar surface area (TPSA) is 57.5 Å². The summed E-state index contributed by atoms with van der Waals surface area (Å²) in [5.74, 6) is -2.12. The van der Waals surface area contributed by atoms with E-state index < -0.39 is 17.5 Å². The van der Waals surface area contributed by atoms with Crippen molar-refractivity contribution in [3.63, 3.8) is 0 Å². The maximum Gasteiger partial charge on any atom is 0.303 e. The van der Waals surface area contributed by atoms with Crippen LogP contribution in [-0.2, 0) is 11.2 Å². The third kappa shape index (κ3) is 2.45. The van der Waals surface area contributed by atoms with Crippen LogP contribution in [0.2, 0.25) is 0 Å². The highest BCUT2D eigenvalue weighted by Crippen LogP contribution is 2.23. The van der Waals surface area contributed by atoms with Gasteiger partial charge in [-0.3, -0.25) is 4.79 Å². The molecule has 0 aliphatic heterocycles. The molecule has 0 saturated carbocycles. The molecule has 2 N–H and O–H groups in total. The minimum atomic E-state index is -0.966. The highest BCUT2D eigenvalue weighted by Gasteiger charge is 2.09. The van der Waals surface area contributed by atoms with Gasteiger partial charge in [0.2, 0.25) is 0 Å². The number of hydrogen-bond acceptors (Lipinski definition) is 2. The van der Waals surface area contributed by atoms with Crippen LogP contribution in [0.15, 0.2) is 12.1 Å². The molecule has 0 heterocycles. The number of halogens is 1. The van der Waals surface area contributed by atoms with E-state index in [0.717, 1.165) is 0 Å². The van der Waals surface area contributed by atoms with Crippen LogP contribution in [0.5, 0.6) is 5.75 Å². The van der Waals surface area contributed by atoms with E-state index in [2.05, 4.69) is 0 Å². The highest BCUT2D eigenvalue weighted by molar-refractivity contribution is 5.67. The van der Waals surface area contributed by atoms with Gasteiger partial charge in [-0.05, 0) is 30.5 Å². The van der Waals surface area contributed by atoms with Crippen molar-refractivity contribution in [2.24, 2.45) is 0 Å². The lowest BCUT2D eigenvalue weighted by atomic mass is 10.1. The molecule has 1 aromatic rings. The Labute approximate surface area is 80.8 Å². The molecular formula is C10H11FO3. The molecule has 0 radical (unpaired) electrons. The number of rotatable bonds is 3. The minimum Gasteiger partial charge on any atom is -0.505 e. The van der Waals surface area contributed by atoms with Crippen LogP contribution >= 0.6 is 0 Å². The first-order chi connectivity index (χ1) is 6.50. The first kappa shape index (κ1) is 10.5. The molecule has 0 spiro atoms. The number of aryl methyl sites for hydroxylation is 2. The van der Waals surface area contributed by atoms with Gasteiger partial charge in [-0.1, -0.05) is 6.07 Å². The molecular weight excluding hydrogens is 187 g/mol. The molecule has 1 aromatic carbocycles. The number of carbonyl (C=O) groups is 1. The summed E-state index contributed by atoms with van der Waals surface area (Å²) in [6.45, 7) is 1.69. The first-order valence-electron chi connectivity index (χ1n) is 4.20. The molecule has 0 aliphatic rings. The van der Waals surface area contributed by atoms with Crippen molar-refractivity contribution in [1.29, 1.82) is 0 Å². The maximum absolute atomic E-state index is 13.0. The second-order valence-corrected chi connectivity index (χ2v) is 3.15. The number of aromatic hydroxyl groups is 1. The fourth-order valence-electron chi connectivity index (χ4n) is 1.24. The second kappa shape index (κ2) is 4.09. The summed E-state index contributed by atoms with van der Waals surface area (Å²) in [5, 5.41) is 17.7. The summed E-state index contributed by atoms with van der Waals surface area (Å²) in [6.07, 6.45) is 0.0240. The van der Waals surface area contributed by atoms with Crippen LogP contribution in [0.25, 0.3) is 0 Å². The predicted molar refractivity (Wildman–Crippen MR) is 48.8 cm³/mol. The molecule has 0 saturated heterocycles. The fraction of sp³-hybridized carbons (Fsp3) is 0.300. The van der Waals surface area contributed by atoms with E-state index in [1.807, 2.05) is 0 Å². The van der Waals surface area contributed by atoms with Crippen molar-refractivity contribution in [2.45, 2.75) is 19.8 Å². The molecule has 4 heteroatoms. The third-order valence-electron chi connectivity index (χ3n) is 1.89. The molecule has 0 bridgehead atoms. The van der Waals surface area contributed by atoms with E-state index in [1.165, 1.54) is 6.07 Å². The van der Waals surface area contributed by atoms with E-state index in [1.54, 1.807) is 13.0 Å². The smallest absolute Gasteiger partial charge is 0.303 e. The molecule has 0 unspecified atom stereocenters. The van der Waals surface area contributed by atoms with E-state index in [0.29, 0.717) is 11.1 Å². The Morgan fingerprint density at radius 1 is 1.50 bits per heavy atom. The number of aliphatic carboxylic acids is 1. The lowest BCUT2D eigenvalue weighted by Gasteiger charge is -2.05. The van der Waals surface area contributed by atoms with Crippen LogP contribution < -0.4 is 0 Å². The van der Waals surface area contributed by atoms with Gasteiger partial charge in [0.15, 0.2) is 11.6 Å². The average molecular weight is 198 g/mol. The molecule has 76 valence electrons. The Kier molecular flexibility index (Phi) is 3.06. The quantitative estimate of drug-likeness (QED) is 0.779. The van der Waals surface area contributed by atoms with Gasteiger partial charge in [0.1, 0.15) is 0 Å². The standard InChI is InChI=1S/C10H11FO3/c1-6-4-7(2-3-9(12)13)10(14)8(11)5-6/h4-5,14H,2-3H2,1H3,(H,12,13). The van der Waals surface area contributed by atoms with Gasteiger partial charge in [-0.25, -0.2) is 4.39 Å². The van der Waals surface area contributed by atoms with E-state index in [-0.39, 0.29) is 12.8 Å². The van der Waals surface area contributed by atoms with Crippen molar-refractivity contribution in [1.82, 2.24) is 0 Å². The number of carboxylic acids is 1. The molecule has 0 aromatic heterocycles. The highest BCUT2D eigenvalue weighted by atomic mass is 19.1. The summed E-state index contributed by atoms with van der Waals surface area (Å²) in [4.78, 5) is 10.3. The lowest BCUT2D eigenvalue weighted by molar-refractivity contribution is -0.136. The molecule has 14 heavy (non-hydrogen) atoms. The molecule has 1 rings (SSSR count). The zero-order chi connectivity index (χ0) is 10.7. The van der Waals surface area contributed by atoms with Crippen LogP contribution in [-0.4, -0.2) is 16.2 Å². The van der Waals surface area contributed by atoms with Crippen molar-refractivity contribution in [3.05, 3.63) is 29.1 Å². The molecule has 3 nitrogen and oxygen atoms in total. The van der Waals surface area contributed by atoms with Crippen LogP contribution in [0.3, 0.4) is 0 Å². The van der Waals surface area contributed by atoms with Gasteiger partial charge < -0.3 is 10.2 Å². The summed E-state index contributed by atoms with van der Waals surface area (Å²) in [7, 11) is 0. The van der Waals surface area contributed by atoms with E-state index in [4.69, 9.17) is 5.11 Å². The number of phenolic OH excluding ortho intramolecular Hbond substituents is 1. The fourth-order valence-corrected chi connectivity index (χ4v) is 1.24. The summed E-state index contributed by atoms with van der Waals surface area (Å²) >= 11 is 0. The second-order valence-electron chi connectivity index (χ2n) is 3.15. The van der Waals surface area contributed by atoms with Gasteiger partial charge in [-0.15, -0.1) is 0 Å². The van der Waals surface area contributed by atoms with Crippen LogP contribution in [0, 0.1) is 12.7 Å². The predicted octanol–water partition coefficient (Wildman–Crippen LogP) is 1.86. The Morgan fingerprint density at radius 3 is 2.71 bits per heavy atom. The number of phenols is 1. The maximum atomic E-state index is 13.0. The molecule has 0 amide bonds. The molecule has 0 fully saturated rings. The largest absolute Gasteiger partial charge is 0.505 e. The van der Waals surface area contributed by atoms with E-state index in [9.17, 15) is 14.3 Å². The van der Waals surface area contributed by atoms with E-state index >= 15 is 0 Å². The summed E-state index contributed by atoms with van der Waals surface area (Å²) in [6, 6.07) is 2.79. The monoisotopic (exact) mass is 198 g/mol. The van der Waals surface area contributed by atoms with Gasteiger partial charge in [-0.2, -0.15) is 0 Å². The number of carboxylic acid groups (broad SMARTS) is 1. The number of benzene rings is 1. The van der Waals surface area contributed by atoms with Crippen molar-refractivity contribution in [3.8, 4) is 5.75 Å². The third-order valence-corrected chi connectivity index (χ3v) is 1.89. The van der Waals surface area contributed by atoms with Gasteiger partial charge in [0, 0.05) is 6.42 Å². The summed E-state index contributed by atoms with van der Waals surface area (Å²) < 4.78 is 13.0. The number of hydrogen-bond donors (Lipinski definition) is 2. The van der Waals surface area contributed by atoms with Gasteiger partial charge >= 0.3 is 5.97 Å². The van der Waals surface area contributed by atoms with Gasteiger partial charge in [0.05, 0.1) is 0 Å². The van der Waals surface area contributed by atoms with Crippen LogP contribution in [0.4, 0.5) is 4.39 Å². The summed E-state index contributed by atoms with van der Waals surface area (Å²) in [5.41, 5.74) is 1.01. The average Bonchev–Trinajstić information content (AvgIpc) is 2.08. The normalized spacial score (nSPS) is 10.1. The minimum absolute atomic E-state index is 0.115. The first-order valence-corrected chi connectivity index (χ1v) is 4.20. The van der Waals surface area contributed by atoms with Crippen molar-refractivity contribution < 1.29 is 19.4 Å². The zero-order valence-electron chi connectivity index (χ0n) is 7.75. The van der Waals surface area contributed by atoms with Crippen molar-refractivity contribution in [2.75, 3.05) is 0 Å². The SMILES string of the molecule is Cc1cc(F)c(O)c(CCC(=O)O)c1. The zero-order valence-corrected chi connectivity index (χ0v) is 7.75. The van der Waals surface area contributed by atoms with Crippen molar-refractivity contribution >= 4 is 5.97 Å². The molecule has 0 atom stereocenters. The molecule has 0 aliphatic carbocycles. The Bertz CT molecular complexity index is 361. The van der Waals surface area contributed by atoms with Crippen LogP contribution in [0.1, 0.15) is 17.5 Å².